The summed E-state index contributed by atoms with van der Waals surface area (Å²) in [6.45, 7) is 8.64. The second-order valence-corrected chi connectivity index (χ2v) is 8.36. The summed E-state index contributed by atoms with van der Waals surface area (Å²) in [6, 6.07) is 7.37. The molecule has 0 atom stereocenters. The first-order chi connectivity index (χ1) is 15.9. The standard InChI is InChI=1S/C23H30Cl2N8/c1-3-33(4-2)12-6-10-29-23-30-14-15-13-16(20-17(24)7-5-8-18(20)25)19(31-21(15)32-23)9-11-28-22(26)27/h5,7-8,13-14H,3-4,6,9-12H2,1-2H3,(H4,26,27,28)(H,29,30,31,32). The number of benzene rings is 1. The third kappa shape index (κ3) is 6.66. The zero-order valence-electron chi connectivity index (χ0n) is 19.0. The van der Waals surface area contributed by atoms with E-state index in [1.165, 1.54) is 0 Å². The van der Waals surface area contributed by atoms with Crippen LogP contribution in [-0.4, -0.2) is 58.5 Å². The molecule has 0 spiro atoms. The van der Waals surface area contributed by atoms with Crippen LogP contribution < -0.4 is 16.8 Å². The number of fused-ring (bicyclic) bond motifs is 1. The Labute approximate surface area is 204 Å². The number of pyridine rings is 1. The van der Waals surface area contributed by atoms with Gasteiger partial charge in [-0.05, 0) is 44.3 Å². The molecule has 2 heterocycles. The lowest BCUT2D eigenvalue weighted by atomic mass is 10.0. The Morgan fingerprint density at radius 1 is 1.12 bits per heavy atom. The van der Waals surface area contributed by atoms with Crippen LogP contribution in [-0.2, 0) is 6.42 Å². The first-order valence-corrected chi connectivity index (χ1v) is 11.8. The van der Waals surface area contributed by atoms with E-state index in [1.807, 2.05) is 12.1 Å². The van der Waals surface area contributed by atoms with Crippen molar-refractivity contribution >= 4 is 46.1 Å². The molecule has 0 unspecified atom stereocenters. The summed E-state index contributed by atoms with van der Waals surface area (Å²) in [5, 5.41) is 5.17. The van der Waals surface area contributed by atoms with E-state index in [4.69, 9.17) is 39.7 Å². The van der Waals surface area contributed by atoms with Crippen molar-refractivity contribution in [3.8, 4) is 11.1 Å². The Kier molecular flexibility index (Phi) is 9.05. The molecule has 176 valence electrons. The van der Waals surface area contributed by atoms with Gasteiger partial charge in [0, 0.05) is 52.3 Å². The van der Waals surface area contributed by atoms with Crippen LogP contribution in [0.25, 0.3) is 22.2 Å². The fourth-order valence-electron chi connectivity index (χ4n) is 3.58. The topological polar surface area (TPSA) is 118 Å². The molecule has 5 N–H and O–H groups in total. The van der Waals surface area contributed by atoms with Gasteiger partial charge < -0.3 is 21.7 Å². The molecule has 10 heteroatoms. The Balaban J connectivity index is 1.90. The molecule has 0 amide bonds. The lowest BCUT2D eigenvalue weighted by Crippen LogP contribution is -2.25. The van der Waals surface area contributed by atoms with Crippen LogP contribution in [0.15, 0.2) is 35.5 Å². The highest BCUT2D eigenvalue weighted by Gasteiger charge is 2.16. The zero-order chi connectivity index (χ0) is 23.8. The van der Waals surface area contributed by atoms with Gasteiger partial charge in [0.2, 0.25) is 5.95 Å². The minimum Gasteiger partial charge on any atom is -0.370 e. The molecular weight excluding hydrogens is 459 g/mol. The Morgan fingerprint density at radius 2 is 1.85 bits per heavy atom. The van der Waals surface area contributed by atoms with Crippen molar-refractivity contribution in [2.75, 3.05) is 38.0 Å². The number of hydrogen-bond donors (Lipinski definition) is 3. The molecule has 0 aliphatic heterocycles. The summed E-state index contributed by atoms with van der Waals surface area (Å²) in [4.78, 5) is 20.4. The normalized spacial score (nSPS) is 11.2. The average Bonchev–Trinajstić information content (AvgIpc) is 2.79. The minimum atomic E-state index is 0.0339. The molecule has 8 nitrogen and oxygen atoms in total. The fraction of sp³-hybridized carbons (Fsp3) is 0.391. The molecule has 0 fully saturated rings. The highest BCUT2D eigenvalue weighted by Crippen LogP contribution is 2.37. The molecule has 0 saturated carbocycles. The Hall–Kier alpha value is -2.68. The summed E-state index contributed by atoms with van der Waals surface area (Å²) in [7, 11) is 0. The number of nitrogens with zero attached hydrogens (tertiary/aromatic N) is 5. The number of rotatable bonds is 11. The smallest absolute Gasteiger partial charge is 0.224 e. The number of nitrogens with two attached hydrogens (primary N) is 2. The van der Waals surface area contributed by atoms with Crippen molar-refractivity contribution in [1.29, 1.82) is 0 Å². The number of guanidine groups is 1. The first kappa shape index (κ1) is 25.0. The van der Waals surface area contributed by atoms with E-state index in [9.17, 15) is 0 Å². The number of anilines is 1. The van der Waals surface area contributed by atoms with Gasteiger partial charge in [-0.2, -0.15) is 4.98 Å². The van der Waals surface area contributed by atoms with Crippen LogP contribution in [0.2, 0.25) is 10.0 Å². The molecule has 0 aliphatic carbocycles. The zero-order valence-corrected chi connectivity index (χ0v) is 20.5. The maximum atomic E-state index is 6.49. The van der Waals surface area contributed by atoms with E-state index in [0.29, 0.717) is 40.2 Å². The van der Waals surface area contributed by atoms with Gasteiger partial charge in [-0.3, -0.25) is 4.99 Å². The number of aliphatic imine (C=N–C) groups is 1. The second-order valence-electron chi connectivity index (χ2n) is 7.55. The van der Waals surface area contributed by atoms with E-state index in [2.05, 4.69) is 39.0 Å². The highest BCUT2D eigenvalue weighted by molar-refractivity contribution is 6.39. The number of hydrogen-bond acceptors (Lipinski definition) is 6. The Bertz CT molecular complexity index is 1090. The van der Waals surface area contributed by atoms with Gasteiger partial charge in [-0.25, -0.2) is 9.97 Å². The maximum absolute atomic E-state index is 6.49. The molecule has 3 rings (SSSR count). The molecular formula is C23H30Cl2N8. The van der Waals surface area contributed by atoms with Gasteiger partial charge in [0.05, 0.1) is 5.69 Å². The van der Waals surface area contributed by atoms with Gasteiger partial charge >= 0.3 is 0 Å². The van der Waals surface area contributed by atoms with E-state index >= 15 is 0 Å². The average molecular weight is 489 g/mol. The van der Waals surface area contributed by atoms with Crippen molar-refractivity contribution in [1.82, 2.24) is 19.9 Å². The summed E-state index contributed by atoms with van der Waals surface area (Å²) in [6.07, 6.45) is 3.27. The molecule has 1 aromatic carbocycles. The first-order valence-electron chi connectivity index (χ1n) is 11.1. The summed E-state index contributed by atoms with van der Waals surface area (Å²) in [5.41, 5.74) is 13.9. The van der Waals surface area contributed by atoms with Crippen LogP contribution in [0.4, 0.5) is 5.95 Å². The lowest BCUT2D eigenvalue weighted by molar-refractivity contribution is 0.303. The molecule has 0 saturated heterocycles. The molecule has 3 aromatic rings. The lowest BCUT2D eigenvalue weighted by Gasteiger charge is -2.17. The van der Waals surface area contributed by atoms with Crippen molar-refractivity contribution < 1.29 is 0 Å². The van der Waals surface area contributed by atoms with Crippen molar-refractivity contribution in [3.05, 3.63) is 46.2 Å². The highest BCUT2D eigenvalue weighted by atomic mass is 35.5. The third-order valence-corrected chi connectivity index (χ3v) is 5.98. The maximum Gasteiger partial charge on any atom is 0.224 e. The Morgan fingerprint density at radius 3 is 2.52 bits per heavy atom. The molecule has 0 bridgehead atoms. The largest absolute Gasteiger partial charge is 0.370 e. The predicted octanol–water partition coefficient (Wildman–Crippen LogP) is 3.96. The fourth-order valence-corrected chi connectivity index (χ4v) is 4.18. The molecule has 33 heavy (non-hydrogen) atoms. The van der Waals surface area contributed by atoms with Gasteiger partial charge in [0.25, 0.3) is 0 Å². The SMILES string of the molecule is CCN(CC)CCCNc1ncc2cc(-c3c(Cl)cccc3Cl)c(CCN=C(N)N)nc2n1. The minimum absolute atomic E-state index is 0.0339. The summed E-state index contributed by atoms with van der Waals surface area (Å²) < 4.78 is 0. The van der Waals surface area contributed by atoms with Crippen molar-refractivity contribution in [2.45, 2.75) is 26.7 Å². The van der Waals surface area contributed by atoms with E-state index in [0.717, 1.165) is 49.2 Å². The van der Waals surface area contributed by atoms with Crippen molar-refractivity contribution in [2.24, 2.45) is 16.5 Å². The van der Waals surface area contributed by atoms with Gasteiger partial charge in [0.15, 0.2) is 11.6 Å². The van der Waals surface area contributed by atoms with Crippen molar-refractivity contribution in [3.63, 3.8) is 0 Å². The van der Waals surface area contributed by atoms with Crippen LogP contribution in [0, 0.1) is 0 Å². The van der Waals surface area contributed by atoms with Gasteiger partial charge in [-0.1, -0.05) is 43.1 Å². The molecule has 0 aliphatic rings. The summed E-state index contributed by atoms with van der Waals surface area (Å²) >= 11 is 13.0. The van der Waals surface area contributed by atoms with E-state index in [-0.39, 0.29) is 5.96 Å². The molecule has 2 aromatic heterocycles. The van der Waals surface area contributed by atoms with Crippen LogP contribution in [0.1, 0.15) is 26.0 Å². The predicted molar refractivity (Wildman–Crippen MR) is 138 cm³/mol. The van der Waals surface area contributed by atoms with Crippen LogP contribution in [0.5, 0.6) is 0 Å². The second kappa shape index (κ2) is 12.0. The number of nitrogens with one attached hydrogen (secondary N) is 1. The van der Waals surface area contributed by atoms with E-state index < -0.39 is 0 Å². The van der Waals surface area contributed by atoms with E-state index in [1.54, 1.807) is 18.3 Å². The number of aromatic nitrogens is 3. The quantitative estimate of drug-likeness (QED) is 0.212. The molecule has 0 radical (unpaired) electrons. The third-order valence-electron chi connectivity index (χ3n) is 5.35. The van der Waals surface area contributed by atoms with Gasteiger partial charge in [0.1, 0.15) is 0 Å². The van der Waals surface area contributed by atoms with Gasteiger partial charge in [-0.15, -0.1) is 0 Å². The van der Waals surface area contributed by atoms with Crippen LogP contribution in [0.3, 0.4) is 0 Å². The monoisotopic (exact) mass is 488 g/mol. The number of halogens is 2. The summed E-state index contributed by atoms with van der Waals surface area (Å²) in [5.74, 6) is 0.583. The van der Waals surface area contributed by atoms with Crippen LogP contribution >= 0.6 is 23.2 Å².